The molecule has 0 bridgehead atoms. The van der Waals surface area contributed by atoms with E-state index in [-0.39, 0.29) is 36.8 Å². The molecule has 0 aliphatic heterocycles. The molecule has 0 saturated heterocycles. The van der Waals surface area contributed by atoms with Gasteiger partial charge >= 0.3 is 6.09 Å². The molecule has 1 saturated carbocycles. The van der Waals surface area contributed by atoms with Crippen LogP contribution in [0.3, 0.4) is 0 Å². The Kier molecular flexibility index (Phi) is 8.34. The van der Waals surface area contributed by atoms with Crippen molar-refractivity contribution in [2.45, 2.75) is 46.0 Å². The molecule has 1 unspecified atom stereocenters. The molecule has 1 aliphatic rings. The van der Waals surface area contributed by atoms with Gasteiger partial charge in [0.25, 0.3) is 0 Å². The number of nitriles is 1. The number of hydrogen-bond acceptors (Lipinski definition) is 4. The first-order valence-corrected chi connectivity index (χ1v) is 8.10. The summed E-state index contributed by atoms with van der Waals surface area (Å²) in [4.78, 5) is 23.9. The van der Waals surface area contributed by atoms with E-state index in [1.807, 2.05) is 19.9 Å². The summed E-state index contributed by atoms with van der Waals surface area (Å²) < 4.78 is 5.07. The molecule has 2 N–H and O–H groups in total. The van der Waals surface area contributed by atoms with Gasteiger partial charge in [0, 0.05) is 6.54 Å². The maximum absolute atomic E-state index is 12.2. The third-order valence-electron chi connectivity index (χ3n) is 3.91. The molecule has 0 radical (unpaired) electrons. The average Bonchev–Trinajstić information content (AvgIpc) is 2.52. The molecule has 0 aromatic heterocycles. The second kappa shape index (κ2) is 10.0. The van der Waals surface area contributed by atoms with E-state index in [1.54, 1.807) is 0 Å². The van der Waals surface area contributed by atoms with Crippen molar-refractivity contribution in [3.63, 3.8) is 0 Å². The third-order valence-corrected chi connectivity index (χ3v) is 3.91. The Labute approximate surface area is 132 Å². The molecule has 1 fully saturated rings. The second-order valence-electron chi connectivity index (χ2n) is 6.25. The van der Waals surface area contributed by atoms with Crippen LogP contribution in [0.25, 0.3) is 0 Å². The van der Waals surface area contributed by atoms with E-state index in [1.165, 1.54) is 6.42 Å². The fraction of sp³-hybridized carbons (Fsp3) is 0.812. The summed E-state index contributed by atoms with van der Waals surface area (Å²) in [5.74, 6) is 0.0921. The molecule has 0 aromatic carbocycles. The van der Waals surface area contributed by atoms with E-state index in [4.69, 9.17) is 10.00 Å². The van der Waals surface area contributed by atoms with Crippen molar-refractivity contribution in [2.24, 2.45) is 17.8 Å². The summed E-state index contributed by atoms with van der Waals surface area (Å²) in [6.07, 6.45) is 4.94. The summed E-state index contributed by atoms with van der Waals surface area (Å²) in [5, 5.41) is 13.9. The van der Waals surface area contributed by atoms with Crippen molar-refractivity contribution in [1.82, 2.24) is 10.6 Å². The first kappa shape index (κ1) is 18.3. The highest BCUT2D eigenvalue weighted by Gasteiger charge is 2.29. The summed E-state index contributed by atoms with van der Waals surface area (Å²) >= 11 is 0. The number of alkyl carbamates (subject to hydrolysis) is 1. The Bertz CT molecular complexity index is 398. The molecule has 2 amide bonds. The molecular formula is C16H27N3O3. The first-order valence-electron chi connectivity index (χ1n) is 8.10. The van der Waals surface area contributed by atoms with Crippen LogP contribution in [0, 0.1) is 29.1 Å². The number of carbonyl (C=O) groups excluding carboxylic acids is 2. The van der Waals surface area contributed by atoms with Crippen LogP contribution in [0.1, 0.15) is 46.0 Å². The van der Waals surface area contributed by atoms with Gasteiger partial charge in [-0.05, 0) is 24.7 Å². The number of carbonyl (C=O) groups is 2. The van der Waals surface area contributed by atoms with Gasteiger partial charge in [-0.2, -0.15) is 5.26 Å². The lowest BCUT2D eigenvalue weighted by molar-refractivity contribution is -0.126. The molecule has 0 spiro atoms. The zero-order chi connectivity index (χ0) is 16.4. The highest BCUT2D eigenvalue weighted by atomic mass is 16.5. The Balaban J connectivity index is 2.51. The highest BCUT2D eigenvalue weighted by molar-refractivity contribution is 5.80. The van der Waals surface area contributed by atoms with Gasteiger partial charge in [0.1, 0.15) is 6.54 Å². The molecule has 1 aliphatic carbocycles. The maximum atomic E-state index is 12.2. The lowest BCUT2D eigenvalue weighted by atomic mass is 9.79. The number of nitrogens with zero attached hydrogens (tertiary/aromatic N) is 1. The molecule has 22 heavy (non-hydrogen) atoms. The smallest absolute Gasteiger partial charge is 0.407 e. The predicted octanol–water partition coefficient (Wildman–Crippen LogP) is 2.20. The molecule has 1 rings (SSSR count). The van der Waals surface area contributed by atoms with Crippen LogP contribution in [0.15, 0.2) is 0 Å². The number of amides is 2. The molecule has 0 aromatic rings. The van der Waals surface area contributed by atoms with Gasteiger partial charge in [0.15, 0.2) is 0 Å². The van der Waals surface area contributed by atoms with Crippen LogP contribution >= 0.6 is 0 Å². The predicted molar refractivity (Wildman–Crippen MR) is 82.9 cm³/mol. The van der Waals surface area contributed by atoms with Crippen LogP contribution in [-0.4, -0.2) is 31.7 Å². The van der Waals surface area contributed by atoms with E-state index < -0.39 is 6.09 Å². The van der Waals surface area contributed by atoms with E-state index >= 15 is 0 Å². The standard InChI is InChI=1S/C16H27N3O3/c1-12(2)11-22-16(21)19-10-14(15(20)18-9-8-17)13-6-4-3-5-7-13/h12-14H,3-7,9-11H2,1-2H3,(H,18,20)(H,19,21). The van der Waals surface area contributed by atoms with Crippen LogP contribution in [0.2, 0.25) is 0 Å². The number of hydrogen-bond donors (Lipinski definition) is 2. The minimum Gasteiger partial charge on any atom is -0.449 e. The molecule has 6 nitrogen and oxygen atoms in total. The average molecular weight is 309 g/mol. The lowest BCUT2D eigenvalue weighted by Gasteiger charge is -2.29. The largest absolute Gasteiger partial charge is 0.449 e. The van der Waals surface area contributed by atoms with Crippen LogP contribution in [0.4, 0.5) is 4.79 Å². The second-order valence-corrected chi connectivity index (χ2v) is 6.25. The van der Waals surface area contributed by atoms with Gasteiger partial charge in [0.05, 0.1) is 18.6 Å². The first-order chi connectivity index (χ1) is 10.5. The van der Waals surface area contributed by atoms with Gasteiger partial charge in [-0.3, -0.25) is 4.79 Å². The Morgan fingerprint density at radius 1 is 1.23 bits per heavy atom. The SMILES string of the molecule is CC(C)COC(=O)NCC(C(=O)NCC#N)C1CCCCC1. The summed E-state index contributed by atoms with van der Waals surface area (Å²) in [6.45, 7) is 4.56. The van der Waals surface area contributed by atoms with Gasteiger partial charge in [-0.1, -0.05) is 33.1 Å². The van der Waals surface area contributed by atoms with Crippen molar-refractivity contribution < 1.29 is 14.3 Å². The van der Waals surface area contributed by atoms with E-state index in [2.05, 4.69) is 10.6 Å². The summed E-state index contributed by atoms with van der Waals surface area (Å²) in [7, 11) is 0. The summed E-state index contributed by atoms with van der Waals surface area (Å²) in [5.41, 5.74) is 0. The molecule has 6 heteroatoms. The molecule has 0 heterocycles. The minimum atomic E-state index is -0.484. The van der Waals surface area contributed by atoms with Gasteiger partial charge in [-0.15, -0.1) is 0 Å². The fourth-order valence-electron chi connectivity index (χ4n) is 2.75. The van der Waals surface area contributed by atoms with Crippen molar-refractivity contribution in [2.75, 3.05) is 19.7 Å². The monoisotopic (exact) mass is 309 g/mol. The fourth-order valence-corrected chi connectivity index (χ4v) is 2.75. The van der Waals surface area contributed by atoms with Gasteiger partial charge < -0.3 is 15.4 Å². The van der Waals surface area contributed by atoms with Crippen LogP contribution in [0.5, 0.6) is 0 Å². The zero-order valence-electron chi connectivity index (χ0n) is 13.6. The lowest BCUT2D eigenvalue weighted by Crippen LogP contribution is -2.43. The van der Waals surface area contributed by atoms with Gasteiger partial charge in [0.2, 0.25) is 5.91 Å². The van der Waals surface area contributed by atoms with Crippen molar-refractivity contribution in [3.8, 4) is 6.07 Å². The number of ether oxygens (including phenoxy) is 1. The molecule has 1 atom stereocenters. The van der Waals surface area contributed by atoms with Crippen molar-refractivity contribution in [1.29, 1.82) is 5.26 Å². The zero-order valence-corrected chi connectivity index (χ0v) is 13.6. The van der Waals surface area contributed by atoms with Crippen molar-refractivity contribution in [3.05, 3.63) is 0 Å². The topological polar surface area (TPSA) is 91.2 Å². The minimum absolute atomic E-state index is 0.000150. The molecule has 124 valence electrons. The van der Waals surface area contributed by atoms with Crippen molar-refractivity contribution >= 4 is 12.0 Å². The Morgan fingerprint density at radius 3 is 2.50 bits per heavy atom. The summed E-state index contributed by atoms with van der Waals surface area (Å²) in [6, 6.07) is 1.91. The quantitative estimate of drug-likeness (QED) is 0.705. The number of rotatable bonds is 7. The Hall–Kier alpha value is -1.77. The Morgan fingerprint density at radius 2 is 1.91 bits per heavy atom. The highest BCUT2D eigenvalue weighted by Crippen LogP contribution is 2.30. The van der Waals surface area contributed by atoms with Gasteiger partial charge in [-0.25, -0.2) is 4.79 Å². The van der Waals surface area contributed by atoms with Crippen LogP contribution < -0.4 is 10.6 Å². The van der Waals surface area contributed by atoms with Crippen LogP contribution in [-0.2, 0) is 9.53 Å². The maximum Gasteiger partial charge on any atom is 0.407 e. The third kappa shape index (κ3) is 6.79. The number of nitrogens with one attached hydrogen (secondary N) is 2. The van der Waals surface area contributed by atoms with E-state index in [0.717, 1.165) is 25.7 Å². The van der Waals surface area contributed by atoms with E-state index in [9.17, 15) is 9.59 Å². The molecular weight excluding hydrogens is 282 g/mol. The normalized spacial score (nSPS) is 16.6. The van der Waals surface area contributed by atoms with E-state index in [0.29, 0.717) is 6.61 Å².